The van der Waals surface area contributed by atoms with Crippen LogP contribution < -0.4 is 5.32 Å². The van der Waals surface area contributed by atoms with E-state index in [1.54, 1.807) is 12.1 Å². The van der Waals surface area contributed by atoms with Crippen LogP contribution in [0.3, 0.4) is 0 Å². The van der Waals surface area contributed by atoms with Gasteiger partial charge in [0, 0.05) is 5.69 Å². The lowest BCUT2D eigenvalue weighted by Gasteiger charge is -2.02. The summed E-state index contributed by atoms with van der Waals surface area (Å²) in [5, 5.41) is 4.19. The zero-order valence-electron chi connectivity index (χ0n) is 5.57. The van der Waals surface area contributed by atoms with E-state index in [1.807, 2.05) is 6.07 Å². The number of rotatable bonds is 2. The van der Waals surface area contributed by atoms with E-state index in [2.05, 4.69) is 21.2 Å². The second kappa shape index (κ2) is 4.19. The Bertz CT molecular complexity index is 252. The van der Waals surface area contributed by atoms with Crippen LogP contribution >= 0.6 is 39.1 Å². The van der Waals surface area contributed by atoms with Crippen molar-refractivity contribution in [3.63, 3.8) is 0 Å². The van der Waals surface area contributed by atoms with Gasteiger partial charge in [0.1, 0.15) is 0 Å². The van der Waals surface area contributed by atoms with E-state index in [0.717, 1.165) is 5.69 Å². The molecule has 0 aromatic heterocycles. The van der Waals surface area contributed by atoms with Crippen molar-refractivity contribution in [1.82, 2.24) is 0 Å². The van der Waals surface area contributed by atoms with Crippen LogP contribution in [0.4, 0.5) is 5.69 Å². The van der Waals surface area contributed by atoms with Gasteiger partial charge in [-0.2, -0.15) is 0 Å². The molecule has 11 heavy (non-hydrogen) atoms. The molecule has 1 nitrogen and oxygen atoms in total. The van der Waals surface area contributed by atoms with Gasteiger partial charge in [-0.1, -0.05) is 39.1 Å². The fourth-order valence-electron chi connectivity index (χ4n) is 0.683. The molecule has 0 aliphatic rings. The molecule has 0 unspecified atom stereocenters. The number of anilines is 1. The summed E-state index contributed by atoms with van der Waals surface area (Å²) in [6.45, 7) is 0. The fraction of sp³-hybridized carbons (Fsp3) is 0.143. The van der Waals surface area contributed by atoms with Crippen molar-refractivity contribution in [2.24, 2.45) is 0 Å². The summed E-state index contributed by atoms with van der Waals surface area (Å²) in [5.74, 6) is 0. The molecule has 1 N–H and O–H groups in total. The summed E-state index contributed by atoms with van der Waals surface area (Å²) in [6.07, 6.45) is 0. The molecule has 0 fully saturated rings. The second-order valence-corrected chi connectivity index (χ2v) is 3.31. The van der Waals surface area contributed by atoms with E-state index in [0.29, 0.717) is 15.5 Å². The average molecular weight is 255 g/mol. The molecule has 1 rings (SSSR count). The van der Waals surface area contributed by atoms with Crippen LogP contribution in [0.2, 0.25) is 10.0 Å². The number of benzene rings is 1. The van der Waals surface area contributed by atoms with Crippen LogP contribution in [0, 0.1) is 0 Å². The monoisotopic (exact) mass is 253 g/mol. The molecule has 0 spiro atoms. The Morgan fingerprint density at radius 2 is 2.00 bits per heavy atom. The molecule has 1 aromatic carbocycles. The Morgan fingerprint density at radius 1 is 1.27 bits per heavy atom. The first-order chi connectivity index (χ1) is 5.24. The van der Waals surface area contributed by atoms with E-state index in [-0.39, 0.29) is 0 Å². The first kappa shape index (κ1) is 9.17. The van der Waals surface area contributed by atoms with E-state index >= 15 is 0 Å². The molecule has 0 amide bonds. The van der Waals surface area contributed by atoms with Crippen molar-refractivity contribution >= 4 is 44.8 Å². The molecule has 4 heteroatoms. The van der Waals surface area contributed by atoms with Gasteiger partial charge in [0.05, 0.1) is 15.5 Å². The van der Waals surface area contributed by atoms with Gasteiger partial charge >= 0.3 is 0 Å². The van der Waals surface area contributed by atoms with E-state index in [9.17, 15) is 0 Å². The molecule has 0 saturated carbocycles. The molecule has 0 aliphatic carbocycles. The highest BCUT2D eigenvalue weighted by atomic mass is 79.9. The topological polar surface area (TPSA) is 12.0 Å². The molecule has 0 atom stereocenters. The van der Waals surface area contributed by atoms with Gasteiger partial charge in [-0.3, -0.25) is 0 Å². The van der Waals surface area contributed by atoms with Crippen LogP contribution in [-0.2, 0) is 0 Å². The lowest BCUT2D eigenvalue weighted by Crippen LogP contribution is -1.92. The molecule has 60 valence electrons. The second-order valence-electron chi connectivity index (χ2n) is 1.94. The van der Waals surface area contributed by atoms with E-state index in [1.165, 1.54) is 0 Å². The van der Waals surface area contributed by atoms with Crippen molar-refractivity contribution in [2.45, 2.75) is 0 Å². The van der Waals surface area contributed by atoms with Gasteiger partial charge in [0.15, 0.2) is 0 Å². The van der Waals surface area contributed by atoms with Crippen molar-refractivity contribution in [3.8, 4) is 0 Å². The molecule has 0 heterocycles. The van der Waals surface area contributed by atoms with Gasteiger partial charge in [0.25, 0.3) is 0 Å². The third-order valence-electron chi connectivity index (χ3n) is 1.19. The van der Waals surface area contributed by atoms with Crippen molar-refractivity contribution in [1.29, 1.82) is 0 Å². The maximum absolute atomic E-state index is 5.76. The van der Waals surface area contributed by atoms with Crippen molar-refractivity contribution < 1.29 is 0 Å². The predicted octanol–water partition coefficient (Wildman–Crippen LogP) is 3.76. The van der Waals surface area contributed by atoms with Crippen molar-refractivity contribution in [2.75, 3.05) is 10.8 Å². The standard InChI is InChI=1S/C7H6BrCl2N/c8-4-11-5-1-2-6(9)7(10)3-5/h1-3,11H,4H2. The Hall–Kier alpha value is 0.0800. The first-order valence-electron chi connectivity index (χ1n) is 2.99. The lowest BCUT2D eigenvalue weighted by atomic mass is 10.3. The molecule has 1 aromatic rings. The van der Waals surface area contributed by atoms with Gasteiger partial charge in [-0.15, -0.1) is 0 Å². The maximum Gasteiger partial charge on any atom is 0.0707 e. The molecule has 0 bridgehead atoms. The van der Waals surface area contributed by atoms with E-state index < -0.39 is 0 Å². The number of halogens is 3. The van der Waals surface area contributed by atoms with Gasteiger partial charge < -0.3 is 5.32 Å². The number of alkyl halides is 1. The highest BCUT2D eigenvalue weighted by Gasteiger charge is 1.96. The zero-order chi connectivity index (χ0) is 8.27. The Balaban J connectivity index is 2.86. The molecule has 0 radical (unpaired) electrons. The van der Waals surface area contributed by atoms with E-state index in [4.69, 9.17) is 23.2 Å². The smallest absolute Gasteiger partial charge is 0.0707 e. The average Bonchev–Trinajstić information content (AvgIpc) is 1.98. The third-order valence-corrected chi connectivity index (χ3v) is 2.21. The van der Waals surface area contributed by atoms with Crippen LogP contribution in [-0.4, -0.2) is 5.45 Å². The summed E-state index contributed by atoms with van der Waals surface area (Å²) < 4.78 is 0. The molecule has 0 saturated heterocycles. The largest absolute Gasteiger partial charge is 0.375 e. The Labute approximate surface area is 83.8 Å². The van der Waals surface area contributed by atoms with Crippen LogP contribution in [0.25, 0.3) is 0 Å². The minimum absolute atomic E-state index is 0.567. The van der Waals surface area contributed by atoms with Crippen LogP contribution in [0.1, 0.15) is 0 Å². The van der Waals surface area contributed by atoms with Crippen molar-refractivity contribution in [3.05, 3.63) is 28.2 Å². The minimum atomic E-state index is 0.567. The normalized spacial score (nSPS) is 9.73. The minimum Gasteiger partial charge on any atom is -0.375 e. The van der Waals surface area contributed by atoms with Gasteiger partial charge in [0.2, 0.25) is 0 Å². The Kier molecular flexibility index (Phi) is 3.49. The summed E-state index contributed by atoms with van der Waals surface area (Å²) >= 11 is 14.7. The predicted molar refractivity (Wildman–Crippen MR) is 53.9 cm³/mol. The quantitative estimate of drug-likeness (QED) is 0.626. The third kappa shape index (κ3) is 2.55. The van der Waals surface area contributed by atoms with Gasteiger partial charge in [-0.05, 0) is 18.2 Å². The molecular weight excluding hydrogens is 249 g/mol. The number of nitrogens with one attached hydrogen (secondary N) is 1. The van der Waals surface area contributed by atoms with Gasteiger partial charge in [-0.25, -0.2) is 0 Å². The zero-order valence-corrected chi connectivity index (χ0v) is 8.67. The summed E-state index contributed by atoms with van der Waals surface area (Å²) in [6, 6.07) is 5.41. The SMILES string of the molecule is Clc1ccc(NCBr)cc1Cl. The number of hydrogen-bond donors (Lipinski definition) is 1. The highest BCUT2D eigenvalue weighted by Crippen LogP contribution is 2.24. The number of hydrogen-bond acceptors (Lipinski definition) is 1. The highest BCUT2D eigenvalue weighted by molar-refractivity contribution is 9.09. The summed E-state index contributed by atoms with van der Waals surface area (Å²) in [7, 11) is 0. The molecular formula is C7H6BrCl2N. The molecule has 0 aliphatic heterocycles. The van der Waals surface area contributed by atoms with Crippen LogP contribution in [0.15, 0.2) is 18.2 Å². The fourth-order valence-corrected chi connectivity index (χ4v) is 1.31. The maximum atomic E-state index is 5.76. The first-order valence-corrected chi connectivity index (χ1v) is 4.86. The lowest BCUT2D eigenvalue weighted by molar-refractivity contribution is 1.48. The Morgan fingerprint density at radius 3 is 2.55 bits per heavy atom. The van der Waals surface area contributed by atoms with Crippen LogP contribution in [0.5, 0.6) is 0 Å². The summed E-state index contributed by atoms with van der Waals surface area (Å²) in [4.78, 5) is 0. The summed E-state index contributed by atoms with van der Waals surface area (Å²) in [5.41, 5.74) is 1.65.